The molecule has 20 heavy (non-hydrogen) atoms. The van der Waals surface area contributed by atoms with Crippen molar-refractivity contribution < 1.29 is 13.2 Å². The molecule has 1 saturated heterocycles. The third kappa shape index (κ3) is 4.02. The molecule has 0 saturated carbocycles. The Kier molecular flexibility index (Phi) is 5.15. The molecular weight excluding hydrogens is 276 g/mol. The molecule has 6 heteroatoms. The summed E-state index contributed by atoms with van der Waals surface area (Å²) in [6.45, 7) is 4.00. The zero-order valence-corrected chi connectivity index (χ0v) is 12.8. The van der Waals surface area contributed by atoms with E-state index in [1.54, 1.807) is 0 Å². The monoisotopic (exact) mass is 298 g/mol. The summed E-state index contributed by atoms with van der Waals surface area (Å²) in [5.74, 6) is 0.0529. The molecule has 1 aliphatic rings. The maximum Gasteiger partial charge on any atom is 0.218 e. The minimum atomic E-state index is -3.27. The number of ether oxygens (including phenoxy) is 1. The van der Waals surface area contributed by atoms with Gasteiger partial charge in [0.05, 0.1) is 18.5 Å². The van der Waals surface area contributed by atoms with E-state index in [2.05, 4.69) is 5.32 Å². The minimum Gasteiger partial charge on any atom is -0.376 e. The third-order valence-electron chi connectivity index (χ3n) is 3.32. The summed E-state index contributed by atoms with van der Waals surface area (Å²) < 4.78 is 31.8. The summed E-state index contributed by atoms with van der Waals surface area (Å²) in [6.07, 6.45) is -0.0332. The van der Waals surface area contributed by atoms with Gasteiger partial charge in [-0.2, -0.15) is 4.31 Å². The average Bonchev–Trinajstić information content (AvgIpc) is 2.39. The van der Waals surface area contributed by atoms with Gasteiger partial charge >= 0.3 is 0 Å². The predicted octanol–water partition coefficient (Wildman–Crippen LogP) is 0.957. The second kappa shape index (κ2) is 6.67. The van der Waals surface area contributed by atoms with Gasteiger partial charge in [0.2, 0.25) is 10.0 Å². The minimum absolute atomic E-state index is 0.0332. The lowest BCUT2D eigenvalue weighted by Crippen LogP contribution is -2.44. The van der Waals surface area contributed by atoms with Crippen molar-refractivity contribution in [3.05, 3.63) is 35.4 Å². The van der Waals surface area contributed by atoms with Gasteiger partial charge in [-0.25, -0.2) is 8.42 Å². The molecule has 2 rings (SSSR count). The van der Waals surface area contributed by atoms with Crippen LogP contribution >= 0.6 is 0 Å². The van der Waals surface area contributed by atoms with E-state index in [1.165, 1.54) is 4.31 Å². The van der Waals surface area contributed by atoms with E-state index in [-0.39, 0.29) is 11.9 Å². The molecule has 0 aromatic heterocycles. The van der Waals surface area contributed by atoms with Gasteiger partial charge in [-0.05, 0) is 25.1 Å². The van der Waals surface area contributed by atoms with Crippen LogP contribution in [-0.2, 0) is 27.1 Å². The Morgan fingerprint density at radius 3 is 2.85 bits per heavy atom. The number of benzene rings is 1. The van der Waals surface area contributed by atoms with Gasteiger partial charge in [-0.3, -0.25) is 0 Å². The molecular formula is C14H22N2O3S. The Morgan fingerprint density at radius 2 is 2.15 bits per heavy atom. The molecule has 0 aliphatic carbocycles. The fraction of sp³-hybridized carbons (Fsp3) is 0.571. The number of morpholine rings is 1. The Morgan fingerprint density at radius 1 is 1.40 bits per heavy atom. The Balaban J connectivity index is 2.09. The molecule has 0 spiro atoms. The molecule has 1 fully saturated rings. The summed E-state index contributed by atoms with van der Waals surface area (Å²) >= 11 is 0. The Labute approximate surface area is 121 Å². The predicted molar refractivity (Wildman–Crippen MR) is 78.8 cm³/mol. The van der Waals surface area contributed by atoms with Crippen molar-refractivity contribution in [2.45, 2.75) is 25.3 Å². The highest BCUT2D eigenvalue weighted by Gasteiger charge is 2.27. The lowest BCUT2D eigenvalue weighted by Gasteiger charge is -2.30. The first-order valence-corrected chi connectivity index (χ1v) is 8.44. The van der Waals surface area contributed by atoms with Crippen LogP contribution in [0.3, 0.4) is 0 Å². The van der Waals surface area contributed by atoms with Gasteiger partial charge in [0, 0.05) is 19.6 Å². The molecule has 1 atom stereocenters. The molecule has 1 heterocycles. The van der Waals surface area contributed by atoms with E-state index in [4.69, 9.17) is 4.74 Å². The van der Waals surface area contributed by atoms with Crippen molar-refractivity contribution in [3.63, 3.8) is 0 Å². The Hall–Kier alpha value is -0.950. The van der Waals surface area contributed by atoms with Crippen LogP contribution in [0.5, 0.6) is 0 Å². The highest BCUT2D eigenvalue weighted by atomic mass is 32.2. The summed E-state index contributed by atoms with van der Waals surface area (Å²) in [5.41, 5.74) is 1.92. The topological polar surface area (TPSA) is 58.6 Å². The first-order valence-electron chi connectivity index (χ1n) is 6.83. The summed E-state index contributed by atoms with van der Waals surface area (Å²) in [4.78, 5) is 0. The van der Waals surface area contributed by atoms with Crippen molar-refractivity contribution in [1.82, 2.24) is 9.62 Å². The van der Waals surface area contributed by atoms with Crippen LogP contribution in [0.25, 0.3) is 0 Å². The molecule has 0 radical (unpaired) electrons. The smallest absolute Gasteiger partial charge is 0.218 e. The van der Waals surface area contributed by atoms with Gasteiger partial charge in [-0.1, -0.05) is 24.3 Å². The van der Waals surface area contributed by atoms with Crippen LogP contribution in [0.15, 0.2) is 24.3 Å². The van der Waals surface area contributed by atoms with Gasteiger partial charge in [-0.15, -0.1) is 0 Å². The number of sulfonamides is 1. The van der Waals surface area contributed by atoms with E-state index >= 15 is 0 Å². The van der Waals surface area contributed by atoms with Crippen LogP contribution in [-0.4, -0.2) is 45.6 Å². The number of hydrogen-bond acceptors (Lipinski definition) is 4. The summed E-state index contributed by atoms with van der Waals surface area (Å²) in [5, 5.41) is 3.07. The van der Waals surface area contributed by atoms with Gasteiger partial charge in [0.25, 0.3) is 0 Å². The molecule has 112 valence electrons. The fourth-order valence-electron chi connectivity index (χ4n) is 2.37. The molecule has 1 aromatic rings. The zero-order chi connectivity index (χ0) is 14.6. The van der Waals surface area contributed by atoms with Crippen molar-refractivity contribution in [3.8, 4) is 0 Å². The van der Waals surface area contributed by atoms with Gasteiger partial charge in [0.1, 0.15) is 0 Å². The van der Waals surface area contributed by atoms with Crippen molar-refractivity contribution in [2.24, 2.45) is 0 Å². The molecule has 1 unspecified atom stereocenters. The summed E-state index contributed by atoms with van der Waals surface area (Å²) in [7, 11) is -1.39. The molecule has 0 bridgehead atoms. The summed E-state index contributed by atoms with van der Waals surface area (Å²) in [6, 6.07) is 7.70. The quantitative estimate of drug-likeness (QED) is 0.879. The zero-order valence-electron chi connectivity index (χ0n) is 12.0. The second-order valence-electron chi connectivity index (χ2n) is 5.15. The van der Waals surface area contributed by atoms with E-state index in [0.29, 0.717) is 19.7 Å². The van der Waals surface area contributed by atoms with Gasteiger partial charge < -0.3 is 10.1 Å². The van der Waals surface area contributed by atoms with Crippen molar-refractivity contribution in [2.75, 3.05) is 26.7 Å². The second-order valence-corrected chi connectivity index (χ2v) is 7.11. The third-order valence-corrected chi connectivity index (χ3v) is 5.14. The van der Waals surface area contributed by atoms with Crippen molar-refractivity contribution in [1.29, 1.82) is 0 Å². The average molecular weight is 298 g/mol. The molecule has 1 N–H and O–H groups in total. The van der Waals surface area contributed by atoms with Crippen LogP contribution < -0.4 is 5.32 Å². The number of hydrogen-bond donors (Lipinski definition) is 1. The maximum absolute atomic E-state index is 12.4. The normalized spacial score (nSPS) is 21.0. The van der Waals surface area contributed by atoms with Crippen LogP contribution in [0.2, 0.25) is 0 Å². The lowest BCUT2D eigenvalue weighted by atomic mass is 10.1. The van der Waals surface area contributed by atoms with Gasteiger partial charge in [0.15, 0.2) is 0 Å². The standard InChI is InChI=1S/C14H22N2O3S/c1-12-10-16(6-7-19-12)20(17,18)11-14-5-3-4-13(8-14)9-15-2/h3-5,8,12,15H,6-7,9-11H2,1-2H3. The molecule has 1 aliphatic heterocycles. The fourth-order valence-corrected chi connectivity index (χ4v) is 3.95. The number of nitrogens with one attached hydrogen (secondary N) is 1. The van der Waals surface area contributed by atoms with Crippen molar-refractivity contribution >= 4 is 10.0 Å². The lowest BCUT2D eigenvalue weighted by molar-refractivity contribution is 0.0101. The van der Waals surface area contributed by atoms with E-state index in [1.807, 2.05) is 38.2 Å². The van der Waals surface area contributed by atoms with Crippen LogP contribution in [0.1, 0.15) is 18.1 Å². The first-order chi connectivity index (χ1) is 9.51. The Bertz CT molecular complexity index is 545. The first kappa shape index (κ1) is 15.4. The number of nitrogens with zero attached hydrogens (tertiary/aromatic N) is 1. The van der Waals surface area contributed by atoms with E-state index in [9.17, 15) is 8.42 Å². The highest BCUT2D eigenvalue weighted by molar-refractivity contribution is 7.88. The SMILES string of the molecule is CNCc1cccc(CS(=O)(=O)N2CCOC(C)C2)c1. The van der Waals surface area contributed by atoms with Crippen LogP contribution in [0.4, 0.5) is 0 Å². The van der Waals surface area contributed by atoms with E-state index in [0.717, 1.165) is 17.7 Å². The van der Waals surface area contributed by atoms with E-state index < -0.39 is 10.0 Å². The van der Waals surface area contributed by atoms with Crippen LogP contribution in [0, 0.1) is 0 Å². The molecule has 5 nitrogen and oxygen atoms in total. The molecule has 1 aromatic carbocycles. The highest BCUT2D eigenvalue weighted by Crippen LogP contribution is 2.16. The molecule has 0 amide bonds. The number of rotatable bonds is 5. The maximum atomic E-state index is 12.4. The largest absolute Gasteiger partial charge is 0.376 e.